The van der Waals surface area contributed by atoms with Crippen molar-refractivity contribution in [3.63, 3.8) is 0 Å². The number of amidine groups is 1. The number of hydrogen-bond donors (Lipinski definition) is 3. The van der Waals surface area contributed by atoms with Crippen LogP contribution in [0, 0.1) is 10.8 Å². The minimum Gasteiger partial charge on any atom is -0.457 e. The molecule has 1 amide bonds. The van der Waals surface area contributed by atoms with Gasteiger partial charge in [-0.2, -0.15) is 0 Å². The van der Waals surface area contributed by atoms with Crippen molar-refractivity contribution in [3.05, 3.63) is 0 Å². The number of esters is 1. The lowest BCUT2D eigenvalue weighted by molar-refractivity contribution is -0.158. The molecule has 0 aromatic carbocycles. The normalized spacial score (nSPS) is 13.3. The maximum atomic E-state index is 11.6. The third kappa shape index (κ3) is 7.60. The molecule has 0 fully saturated rings. The number of nitrogens with two attached hydrogens (primary N) is 1. The highest BCUT2D eigenvalue weighted by Gasteiger charge is 2.29. The molecule has 0 heterocycles. The molecule has 116 valence electrons. The zero-order chi connectivity index (χ0) is 16.1. The Morgan fingerprint density at radius 2 is 1.70 bits per heavy atom. The minimum absolute atomic E-state index is 0.174. The lowest BCUT2D eigenvalue weighted by Gasteiger charge is -2.29. The zero-order valence-corrected chi connectivity index (χ0v) is 13.0. The van der Waals surface area contributed by atoms with Crippen LogP contribution >= 0.6 is 0 Å². The molecule has 0 aliphatic rings. The van der Waals surface area contributed by atoms with E-state index in [1.54, 1.807) is 20.8 Å². The number of hydrogen-bond acceptors (Lipinski definition) is 5. The molecule has 0 spiro atoms. The zero-order valence-electron chi connectivity index (χ0n) is 13.0. The van der Waals surface area contributed by atoms with Crippen molar-refractivity contribution in [2.75, 3.05) is 6.61 Å². The predicted molar refractivity (Wildman–Crippen MR) is 75.5 cm³/mol. The van der Waals surface area contributed by atoms with E-state index < -0.39 is 35.7 Å². The van der Waals surface area contributed by atoms with E-state index in [0.29, 0.717) is 0 Å². The van der Waals surface area contributed by atoms with Crippen molar-refractivity contribution >= 4 is 17.9 Å². The summed E-state index contributed by atoms with van der Waals surface area (Å²) in [5.41, 5.74) is 4.36. The van der Waals surface area contributed by atoms with Gasteiger partial charge in [0.25, 0.3) is 0 Å². The third-order valence-corrected chi connectivity index (χ3v) is 2.18. The number of alkyl carbamates (subject to hydrolysis) is 1. The number of rotatable bonds is 4. The Kier molecular flexibility index (Phi) is 5.99. The van der Waals surface area contributed by atoms with Gasteiger partial charge in [0.1, 0.15) is 11.4 Å². The monoisotopic (exact) mass is 287 g/mol. The van der Waals surface area contributed by atoms with Crippen LogP contribution in [0.3, 0.4) is 0 Å². The van der Waals surface area contributed by atoms with Crippen molar-refractivity contribution in [1.82, 2.24) is 5.32 Å². The lowest BCUT2D eigenvalue weighted by atomic mass is 9.86. The maximum absolute atomic E-state index is 11.6. The molecule has 0 saturated carbocycles. The predicted octanol–water partition coefficient (Wildman–Crippen LogP) is 1.40. The average molecular weight is 287 g/mol. The van der Waals surface area contributed by atoms with Gasteiger partial charge in [-0.3, -0.25) is 5.41 Å². The molecule has 7 nitrogen and oxygen atoms in total. The van der Waals surface area contributed by atoms with E-state index in [4.69, 9.17) is 20.6 Å². The van der Waals surface area contributed by atoms with Crippen LogP contribution in [-0.2, 0) is 14.3 Å². The summed E-state index contributed by atoms with van der Waals surface area (Å²) in [7, 11) is 0. The largest absolute Gasteiger partial charge is 0.457 e. The second-order valence-electron chi connectivity index (χ2n) is 6.56. The number of carbonyl (C=O) groups excluding carboxylic acids is 2. The van der Waals surface area contributed by atoms with E-state index in [1.165, 1.54) is 0 Å². The molecule has 0 aliphatic heterocycles. The Morgan fingerprint density at radius 1 is 1.20 bits per heavy atom. The highest BCUT2D eigenvalue weighted by atomic mass is 16.6. The lowest BCUT2D eigenvalue weighted by Crippen LogP contribution is -2.52. The van der Waals surface area contributed by atoms with E-state index in [0.717, 1.165) is 0 Å². The van der Waals surface area contributed by atoms with Crippen LogP contribution in [0.4, 0.5) is 4.79 Å². The van der Waals surface area contributed by atoms with Gasteiger partial charge in [-0.15, -0.1) is 0 Å². The molecule has 0 saturated heterocycles. The van der Waals surface area contributed by atoms with Crippen molar-refractivity contribution in [1.29, 1.82) is 5.41 Å². The van der Waals surface area contributed by atoms with Gasteiger partial charge in [0.2, 0.25) is 0 Å². The second-order valence-corrected chi connectivity index (χ2v) is 6.56. The second kappa shape index (κ2) is 6.58. The summed E-state index contributed by atoms with van der Waals surface area (Å²) in [5.74, 6) is -0.811. The van der Waals surface area contributed by atoms with E-state index in [1.807, 2.05) is 20.8 Å². The van der Waals surface area contributed by atoms with Crippen LogP contribution in [-0.4, -0.2) is 36.1 Å². The minimum atomic E-state index is -0.814. The van der Waals surface area contributed by atoms with Crippen molar-refractivity contribution in [2.45, 2.75) is 53.2 Å². The van der Waals surface area contributed by atoms with Gasteiger partial charge in [-0.25, -0.2) is 9.59 Å². The van der Waals surface area contributed by atoms with Gasteiger partial charge in [-0.05, 0) is 26.2 Å². The Hall–Kier alpha value is -1.79. The SMILES string of the molecule is CC(C)(C)OC(=O)COC(=O)NC(C(=N)N)C(C)(C)C. The summed E-state index contributed by atoms with van der Waals surface area (Å²) in [5, 5.41) is 9.91. The van der Waals surface area contributed by atoms with Gasteiger partial charge in [0.05, 0.1) is 6.04 Å². The van der Waals surface area contributed by atoms with E-state index in [-0.39, 0.29) is 5.84 Å². The fourth-order valence-electron chi connectivity index (χ4n) is 1.42. The van der Waals surface area contributed by atoms with Gasteiger partial charge in [0.15, 0.2) is 6.61 Å². The standard InChI is InChI=1S/C13H25N3O4/c1-12(2,3)9(10(14)15)16-11(18)19-7-8(17)20-13(4,5)6/h9H,7H2,1-6H3,(H3,14,15)(H,16,18). The number of amides is 1. The topological polar surface area (TPSA) is 114 Å². The molecular weight excluding hydrogens is 262 g/mol. The molecule has 4 N–H and O–H groups in total. The van der Waals surface area contributed by atoms with E-state index in [9.17, 15) is 9.59 Å². The van der Waals surface area contributed by atoms with Gasteiger partial charge >= 0.3 is 12.1 Å². The first-order valence-corrected chi connectivity index (χ1v) is 6.32. The maximum Gasteiger partial charge on any atom is 0.408 e. The van der Waals surface area contributed by atoms with Gasteiger partial charge in [0, 0.05) is 0 Å². The van der Waals surface area contributed by atoms with E-state index >= 15 is 0 Å². The fraction of sp³-hybridized carbons (Fsp3) is 0.769. The summed E-state index contributed by atoms with van der Waals surface area (Å²) in [6.45, 7) is 10.1. The molecule has 0 aliphatic carbocycles. The first-order chi connectivity index (χ1) is 8.83. The van der Waals surface area contributed by atoms with Crippen molar-refractivity contribution in [3.8, 4) is 0 Å². The first-order valence-electron chi connectivity index (χ1n) is 6.32. The Bertz CT molecular complexity index is 380. The van der Waals surface area contributed by atoms with Crippen LogP contribution in [0.25, 0.3) is 0 Å². The van der Waals surface area contributed by atoms with Crippen molar-refractivity contribution in [2.24, 2.45) is 11.1 Å². The summed E-state index contributed by atoms with van der Waals surface area (Å²) >= 11 is 0. The summed E-state index contributed by atoms with van der Waals surface area (Å²) in [4.78, 5) is 23.0. The molecule has 0 radical (unpaired) electrons. The summed E-state index contributed by atoms with van der Waals surface area (Å²) in [6.07, 6.45) is -0.814. The quantitative estimate of drug-likeness (QED) is 0.411. The highest BCUT2D eigenvalue weighted by molar-refractivity contribution is 5.87. The first kappa shape index (κ1) is 18.2. The molecule has 1 unspecified atom stereocenters. The fourth-order valence-corrected chi connectivity index (χ4v) is 1.42. The van der Waals surface area contributed by atoms with E-state index in [2.05, 4.69) is 5.32 Å². The summed E-state index contributed by atoms with van der Waals surface area (Å²) in [6, 6.07) is -0.673. The van der Waals surface area contributed by atoms with Crippen LogP contribution < -0.4 is 11.1 Å². The summed E-state index contributed by atoms with van der Waals surface area (Å²) < 4.78 is 9.75. The number of ether oxygens (including phenoxy) is 2. The molecular formula is C13H25N3O4. The Morgan fingerprint density at radius 3 is 2.05 bits per heavy atom. The highest BCUT2D eigenvalue weighted by Crippen LogP contribution is 2.19. The van der Waals surface area contributed by atoms with Gasteiger partial charge in [-0.1, -0.05) is 20.8 Å². The molecule has 0 bridgehead atoms. The molecule has 0 aromatic rings. The molecule has 1 atom stereocenters. The number of nitrogens with one attached hydrogen (secondary N) is 2. The molecule has 20 heavy (non-hydrogen) atoms. The Balaban J connectivity index is 4.36. The van der Waals surface area contributed by atoms with Crippen LogP contribution in [0.15, 0.2) is 0 Å². The Labute approximate surface area is 119 Å². The van der Waals surface area contributed by atoms with Crippen LogP contribution in [0.2, 0.25) is 0 Å². The van der Waals surface area contributed by atoms with Crippen LogP contribution in [0.5, 0.6) is 0 Å². The van der Waals surface area contributed by atoms with Gasteiger partial charge < -0.3 is 20.5 Å². The average Bonchev–Trinajstić information content (AvgIpc) is 2.18. The molecule has 0 aromatic heterocycles. The number of carbonyl (C=O) groups is 2. The third-order valence-electron chi connectivity index (χ3n) is 2.18. The molecule has 0 rings (SSSR count). The smallest absolute Gasteiger partial charge is 0.408 e. The van der Waals surface area contributed by atoms with Crippen molar-refractivity contribution < 1.29 is 19.1 Å². The molecule has 7 heteroatoms. The van der Waals surface area contributed by atoms with Crippen LogP contribution in [0.1, 0.15) is 41.5 Å².